The van der Waals surface area contributed by atoms with Crippen molar-refractivity contribution in [3.05, 3.63) is 18.2 Å². The lowest BCUT2D eigenvalue weighted by atomic mass is 9.73. The fourth-order valence-electron chi connectivity index (χ4n) is 2.25. The summed E-state index contributed by atoms with van der Waals surface area (Å²) in [5.74, 6) is 2.04. The van der Waals surface area contributed by atoms with Crippen molar-refractivity contribution < 1.29 is 0 Å². The molecule has 0 N–H and O–H groups in total. The van der Waals surface area contributed by atoms with Gasteiger partial charge in [0.25, 0.3) is 0 Å². The minimum Gasteiger partial charge on any atom is -0.335 e. The highest BCUT2D eigenvalue weighted by atomic mass is 15.1. The van der Waals surface area contributed by atoms with Gasteiger partial charge < -0.3 is 4.57 Å². The normalized spacial score (nSPS) is 27.4. The van der Waals surface area contributed by atoms with E-state index in [4.69, 9.17) is 0 Å². The minimum absolute atomic E-state index is 0.501. The molecular weight excluding hydrogens is 172 g/mol. The Bertz CT molecular complexity index is 289. The molecule has 0 radical (unpaired) electrons. The van der Waals surface area contributed by atoms with E-state index in [1.54, 1.807) is 0 Å². The Kier molecular flexibility index (Phi) is 2.38. The first kappa shape index (κ1) is 9.75. The Morgan fingerprint density at radius 1 is 1.43 bits per heavy atom. The van der Waals surface area contributed by atoms with E-state index in [-0.39, 0.29) is 0 Å². The lowest BCUT2D eigenvalue weighted by Gasteiger charge is -2.32. The summed E-state index contributed by atoms with van der Waals surface area (Å²) in [5, 5.41) is 0. The summed E-state index contributed by atoms with van der Waals surface area (Å²) >= 11 is 0. The molecule has 2 nitrogen and oxygen atoms in total. The second kappa shape index (κ2) is 3.41. The van der Waals surface area contributed by atoms with Crippen molar-refractivity contribution >= 4 is 0 Å². The zero-order chi connectivity index (χ0) is 10.2. The molecule has 2 heterocycles. The van der Waals surface area contributed by atoms with Gasteiger partial charge in [-0.25, -0.2) is 4.98 Å². The molecule has 0 aromatic carbocycles. The van der Waals surface area contributed by atoms with Crippen molar-refractivity contribution in [1.29, 1.82) is 0 Å². The molecule has 1 aliphatic rings. The van der Waals surface area contributed by atoms with Crippen LogP contribution in [-0.4, -0.2) is 9.55 Å². The Morgan fingerprint density at radius 2 is 2.21 bits per heavy atom. The van der Waals surface area contributed by atoms with Gasteiger partial charge in [-0.3, -0.25) is 0 Å². The Balaban J connectivity index is 2.17. The summed E-state index contributed by atoms with van der Waals surface area (Å²) < 4.78 is 2.31. The van der Waals surface area contributed by atoms with E-state index in [0.29, 0.717) is 5.41 Å². The van der Waals surface area contributed by atoms with Crippen LogP contribution in [-0.2, 0) is 13.0 Å². The van der Waals surface area contributed by atoms with Gasteiger partial charge in [0.1, 0.15) is 5.82 Å². The van der Waals surface area contributed by atoms with Crippen LogP contribution in [0.1, 0.15) is 39.4 Å². The summed E-state index contributed by atoms with van der Waals surface area (Å²) in [6, 6.07) is 0. The van der Waals surface area contributed by atoms with Gasteiger partial charge in [0, 0.05) is 25.4 Å². The van der Waals surface area contributed by atoms with E-state index in [1.165, 1.54) is 18.7 Å². The molecule has 1 unspecified atom stereocenters. The number of imidazole rings is 1. The smallest absolute Gasteiger partial charge is 0.108 e. The fraction of sp³-hybridized carbons (Fsp3) is 0.750. The van der Waals surface area contributed by atoms with Crippen molar-refractivity contribution in [2.45, 2.75) is 46.6 Å². The average molecular weight is 192 g/mol. The highest BCUT2D eigenvalue weighted by Gasteiger charge is 2.30. The number of fused-ring (bicyclic) bond motifs is 1. The molecule has 0 saturated heterocycles. The highest BCUT2D eigenvalue weighted by molar-refractivity contribution is 4.97. The summed E-state index contributed by atoms with van der Waals surface area (Å²) in [6.07, 6.45) is 7.74. The van der Waals surface area contributed by atoms with E-state index in [0.717, 1.165) is 18.9 Å². The number of aromatic nitrogens is 2. The monoisotopic (exact) mass is 192 g/mol. The maximum atomic E-state index is 4.40. The van der Waals surface area contributed by atoms with E-state index in [2.05, 4.69) is 36.5 Å². The summed E-state index contributed by atoms with van der Waals surface area (Å²) in [4.78, 5) is 4.40. The average Bonchev–Trinajstić information content (AvgIpc) is 2.53. The minimum atomic E-state index is 0.501. The van der Waals surface area contributed by atoms with Gasteiger partial charge in [-0.2, -0.15) is 0 Å². The van der Waals surface area contributed by atoms with Crippen molar-refractivity contribution in [3.8, 4) is 0 Å². The number of nitrogens with zero attached hydrogens (tertiary/aromatic N) is 2. The van der Waals surface area contributed by atoms with Gasteiger partial charge in [-0.15, -0.1) is 0 Å². The van der Waals surface area contributed by atoms with Crippen molar-refractivity contribution in [3.63, 3.8) is 0 Å². The topological polar surface area (TPSA) is 17.8 Å². The molecule has 14 heavy (non-hydrogen) atoms. The summed E-state index contributed by atoms with van der Waals surface area (Å²) in [6.45, 7) is 8.25. The van der Waals surface area contributed by atoms with Crippen LogP contribution in [0.3, 0.4) is 0 Å². The second-order valence-corrected chi connectivity index (χ2v) is 5.10. The van der Waals surface area contributed by atoms with E-state index < -0.39 is 0 Å². The third-order valence-corrected chi connectivity index (χ3v) is 4.04. The Hall–Kier alpha value is -0.790. The molecule has 0 amide bonds. The molecule has 0 bridgehead atoms. The first-order chi connectivity index (χ1) is 6.62. The van der Waals surface area contributed by atoms with Gasteiger partial charge in [-0.05, 0) is 24.2 Å². The van der Waals surface area contributed by atoms with E-state index >= 15 is 0 Å². The van der Waals surface area contributed by atoms with Crippen LogP contribution in [0.2, 0.25) is 0 Å². The van der Waals surface area contributed by atoms with Crippen LogP contribution in [0, 0.1) is 11.3 Å². The van der Waals surface area contributed by atoms with Crippen molar-refractivity contribution in [2.75, 3.05) is 0 Å². The third kappa shape index (κ3) is 1.58. The molecule has 2 heteroatoms. The van der Waals surface area contributed by atoms with Gasteiger partial charge in [-0.1, -0.05) is 20.8 Å². The van der Waals surface area contributed by atoms with Gasteiger partial charge in [0.15, 0.2) is 0 Å². The Labute approximate surface area is 86.3 Å². The standard InChI is InChI=1S/C12H20N2/c1-10(2)12(3)5-4-11-13-7-9-14(11)8-6-12/h7,9-10H,4-6,8H2,1-3H3. The predicted octanol–water partition coefficient (Wildman–Crippen LogP) is 2.88. The molecule has 0 saturated carbocycles. The largest absolute Gasteiger partial charge is 0.335 e. The molecule has 78 valence electrons. The molecular formula is C12H20N2. The molecule has 1 aliphatic heterocycles. The van der Waals surface area contributed by atoms with Crippen LogP contribution in [0.15, 0.2) is 12.4 Å². The third-order valence-electron chi connectivity index (χ3n) is 4.04. The molecule has 2 rings (SSSR count). The Morgan fingerprint density at radius 3 is 2.93 bits per heavy atom. The van der Waals surface area contributed by atoms with Gasteiger partial charge in [0.2, 0.25) is 0 Å². The van der Waals surface area contributed by atoms with Gasteiger partial charge in [0.05, 0.1) is 0 Å². The number of hydrogen-bond acceptors (Lipinski definition) is 1. The van der Waals surface area contributed by atoms with Crippen LogP contribution >= 0.6 is 0 Å². The SMILES string of the molecule is CC(C)C1(C)CCc2nccn2CC1. The number of rotatable bonds is 1. The van der Waals surface area contributed by atoms with Crippen LogP contribution < -0.4 is 0 Å². The van der Waals surface area contributed by atoms with E-state index in [1.807, 2.05) is 6.20 Å². The van der Waals surface area contributed by atoms with E-state index in [9.17, 15) is 0 Å². The van der Waals surface area contributed by atoms with Crippen molar-refractivity contribution in [2.24, 2.45) is 11.3 Å². The molecule has 0 aliphatic carbocycles. The maximum Gasteiger partial charge on any atom is 0.108 e. The zero-order valence-corrected chi connectivity index (χ0v) is 9.45. The first-order valence-corrected chi connectivity index (χ1v) is 5.62. The van der Waals surface area contributed by atoms with Gasteiger partial charge >= 0.3 is 0 Å². The van der Waals surface area contributed by atoms with Crippen LogP contribution in [0.25, 0.3) is 0 Å². The first-order valence-electron chi connectivity index (χ1n) is 5.62. The lowest BCUT2D eigenvalue weighted by Crippen LogP contribution is -2.24. The summed E-state index contributed by atoms with van der Waals surface area (Å²) in [7, 11) is 0. The lowest BCUT2D eigenvalue weighted by molar-refractivity contribution is 0.181. The van der Waals surface area contributed by atoms with Crippen LogP contribution in [0.5, 0.6) is 0 Å². The fourth-order valence-corrected chi connectivity index (χ4v) is 2.25. The number of hydrogen-bond donors (Lipinski definition) is 0. The zero-order valence-electron chi connectivity index (χ0n) is 9.45. The number of aryl methyl sites for hydroxylation is 2. The molecule has 1 aromatic heterocycles. The molecule has 0 spiro atoms. The highest BCUT2D eigenvalue weighted by Crippen LogP contribution is 2.38. The molecule has 0 fully saturated rings. The second-order valence-electron chi connectivity index (χ2n) is 5.10. The molecule has 1 aromatic rings. The van der Waals surface area contributed by atoms with Crippen molar-refractivity contribution in [1.82, 2.24) is 9.55 Å². The quantitative estimate of drug-likeness (QED) is 0.669. The predicted molar refractivity (Wildman–Crippen MR) is 58.1 cm³/mol. The van der Waals surface area contributed by atoms with Crippen LogP contribution in [0.4, 0.5) is 0 Å². The maximum absolute atomic E-state index is 4.40. The molecule has 1 atom stereocenters. The summed E-state index contributed by atoms with van der Waals surface area (Å²) in [5.41, 5.74) is 0.501.